The number of carbonyl (C=O) groups is 1. The minimum absolute atomic E-state index is 0.0192. The zero-order chi connectivity index (χ0) is 14.4. The Morgan fingerprint density at radius 2 is 2.00 bits per heavy atom. The average Bonchev–Trinajstić information content (AvgIpc) is 2.75. The molecule has 0 bridgehead atoms. The standard InChI is InChI=1S/C15H20N4O/c16-11-13-6-5-7-14(10-13)12-19(17)15(20)18-8-3-1-2-4-9-18/h5-7,10H,1-4,8-9,12,17H2/p+1. The van der Waals surface area contributed by atoms with Gasteiger partial charge in [0.25, 0.3) is 0 Å². The van der Waals surface area contributed by atoms with Crippen molar-refractivity contribution in [2.45, 2.75) is 32.2 Å². The number of nitrogens with zero attached hydrogens (tertiary/aromatic N) is 3. The highest BCUT2D eigenvalue weighted by molar-refractivity contribution is 5.73. The Morgan fingerprint density at radius 1 is 1.30 bits per heavy atom. The second kappa shape index (κ2) is 6.92. The van der Waals surface area contributed by atoms with Crippen molar-refractivity contribution in [3.8, 4) is 6.07 Å². The third-order valence-corrected chi connectivity index (χ3v) is 3.58. The van der Waals surface area contributed by atoms with Crippen molar-refractivity contribution in [3.05, 3.63) is 35.4 Å². The van der Waals surface area contributed by atoms with Gasteiger partial charge in [-0.05, 0) is 30.5 Å². The van der Waals surface area contributed by atoms with E-state index in [-0.39, 0.29) is 6.03 Å². The van der Waals surface area contributed by atoms with Gasteiger partial charge in [-0.3, -0.25) is 5.84 Å². The predicted octanol–water partition coefficient (Wildman–Crippen LogP) is 1.51. The van der Waals surface area contributed by atoms with Crippen molar-refractivity contribution >= 4 is 6.03 Å². The molecule has 1 saturated heterocycles. The highest BCUT2D eigenvalue weighted by Crippen LogP contribution is 2.12. The summed E-state index contributed by atoms with van der Waals surface area (Å²) in [7, 11) is 0. The molecule has 106 valence electrons. The number of urea groups is 1. The Labute approximate surface area is 119 Å². The van der Waals surface area contributed by atoms with Crippen LogP contribution in [0.3, 0.4) is 0 Å². The summed E-state index contributed by atoms with van der Waals surface area (Å²) in [6, 6.07) is 9.39. The molecule has 2 amide bonds. The van der Waals surface area contributed by atoms with E-state index < -0.39 is 0 Å². The first kappa shape index (κ1) is 14.4. The number of rotatable bonds is 2. The van der Waals surface area contributed by atoms with Crippen LogP contribution in [0.1, 0.15) is 36.8 Å². The normalized spacial score (nSPS) is 15.3. The lowest BCUT2D eigenvalue weighted by Gasteiger charge is -2.24. The lowest BCUT2D eigenvalue weighted by atomic mass is 10.1. The first-order valence-corrected chi connectivity index (χ1v) is 7.06. The van der Waals surface area contributed by atoms with Crippen molar-refractivity contribution in [3.63, 3.8) is 0 Å². The number of carbonyl (C=O) groups excluding carboxylic acids is 1. The molecule has 1 aromatic rings. The van der Waals surface area contributed by atoms with E-state index in [0.717, 1.165) is 31.5 Å². The van der Waals surface area contributed by atoms with Gasteiger partial charge in [0.2, 0.25) is 0 Å². The summed E-state index contributed by atoms with van der Waals surface area (Å²) in [6.45, 7) is 2.08. The summed E-state index contributed by atoms with van der Waals surface area (Å²) in [4.78, 5) is 14.2. The minimum Gasteiger partial charge on any atom is -0.321 e. The molecule has 0 aromatic heterocycles. The van der Waals surface area contributed by atoms with Gasteiger partial charge in [-0.2, -0.15) is 10.3 Å². The Balaban J connectivity index is 1.97. The Hall–Kier alpha value is -2.06. The van der Waals surface area contributed by atoms with Gasteiger partial charge in [-0.15, -0.1) is 0 Å². The molecule has 0 aliphatic carbocycles. The van der Waals surface area contributed by atoms with E-state index in [1.807, 2.05) is 17.0 Å². The fourth-order valence-electron chi connectivity index (χ4n) is 2.49. The number of hydrogen-bond donors (Lipinski definition) is 1. The van der Waals surface area contributed by atoms with Gasteiger partial charge in [0.05, 0.1) is 18.2 Å². The average molecular weight is 273 g/mol. The molecule has 1 aromatic carbocycles. The summed E-state index contributed by atoms with van der Waals surface area (Å²) in [6.07, 6.45) is 4.54. The second-order valence-corrected chi connectivity index (χ2v) is 5.19. The topological polar surface area (TPSA) is 75.0 Å². The van der Waals surface area contributed by atoms with Gasteiger partial charge in [-0.25, -0.2) is 4.79 Å². The number of nitriles is 1. The van der Waals surface area contributed by atoms with E-state index in [2.05, 4.69) is 11.9 Å². The molecule has 1 aliphatic rings. The fourth-order valence-corrected chi connectivity index (χ4v) is 2.49. The quantitative estimate of drug-likeness (QED) is 0.829. The van der Waals surface area contributed by atoms with E-state index in [1.54, 1.807) is 12.1 Å². The van der Waals surface area contributed by atoms with Gasteiger partial charge >= 0.3 is 6.03 Å². The third-order valence-electron chi connectivity index (χ3n) is 3.58. The molecule has 1 heterocycles. The largest absolute Gasteiger partial charge is 0.364 e. The van der Waals surface area contributed by atoms with Crippen molar-refractivity contribution in [1.29, 1.82) is 5.26 Å². The molecule has 5 heteroatoms. The van der Waals surface area contributed by atoms with Crippen molar-refractivity contribution in [1.82, 2.24) is 9.91 Å². The van der Waals surface area contributed by atoms with Gasteiger partial charge < -0.3 is 4.90 Å². The molecule has 20 heavy (non-hydrogen) atoms. The van der Waals surface area contributed by atoms with E-state index in [9.17, 15) is 4.79 Å². The van der Waals surface area contributed by atoms with Crippen LogP contribution in [-0.2, 0) is 6.54 Å². The van der Waals surface area contributed by atoms with Gasteiger partial charge in [0.15, 0.2) is 0 Å². The number of likely N-dealkylation sites (tertiary alicyclic amines) is 1. The van der Waals surface area contributed by atoms with Gasteiger partial charge in [0.1, 0.15) is 0 Å². The third kappa shape index (κ3) is 3.72. The monoisotopic (exact) mass is 273 g/mol. The number of amides is 2. The van der Waals surface area contributed by atoms with Crippen LogP contribution < -0.4 is 5.84 Å². The summed E-state index contributed by atoms with van der Waals surface area (Å²) >= 11 is 0. The SMILES string of the molecule is N#Cc1cccc(CN([NH3+])C(=O)N2CCCCCC2)c1. The van der Waals surface area contributed by atoms with Crippen LogP contribution in [0.4, 0.5) is 4.79 Å². The maximum atomic E-state index is 12.3. The molecule has 0 saturated carbocycles. The van der Waals surface area contributed by atoms with Crippen LogP contribution in [0.5, 0.6) is 0 Å². The molecule has 3 N–H and O–H groups in total. The van der Waals surface area contributed by atoms with E-state index in [4.69, 9.17) is 5.26 Å². The number of benzene rings is 1. The molecule has 1 fully saturated rings. The molecular formula is C15H21N4O+. The van der Waals surface area contributed by atoms with Crippen LogP contribution in [0.2, 0.25) is 0 Å². The zero-order valence-corrected chi connectivity index (χ0v) is 11.7. The highest BCUT2D eigenvalue weighted by Gasteiger charge is 2.21. The van der Waals surface area contributed by atoms with E-state index in [0.29, 0.717) is 12.1 Å². The molecule has 0 atom stereocenters. The van der Waals surface area contributed by atoms with Crippen molar-refractivity contribution in [2.75, 3.05) is 13.1 Å². The Morgan fingerprint density at radius 3 is 2.65 bits per heavy atom. The van der Waals surface area contributed by atoms with Crippen LogP contribution in [0.25, 0.3) is 0 Å². The zero-order valence-electron chi connectivity index (χ0n) is 11.7. The summed E-state index contributed by atoms with van der Waals surface area (Å²) in [5.41, 5.74) is 1.54. The summed E-state index contributed by atoms with van der Waals surface area (Å²) in [5.74, 6) is 3.85. The fraction of sp³-hybridized carbons (Fsp3) is 0.467. The molecule has 0 unspecified atom stereocenters. The van der Waals surface area contributed by atoms with Crippen LogP contribution in [0.15, 0.2) is 24.3 Å². The Kier molecular flexibility index (Phi) is 4.97. The van der Waals surface area contributed by atoms with E-state index >= 15 is 0 Å². The van der Waals surface area contributed by atoms with Crippen LogP contribution in [0, 0.1) is 11.3 Å². The predicted molar refractivity (Wildman–Crippen MR) is 75.0 cm³/mol. The van der Waals surface area contributed by atoms with Crippen molar-refractivity contribution < 1.29 is 10.6 Å². The Bertz CT molecular complexity index is 501. The van der Waals surface area contributed by atoms with Crippen LogP contribution in [-0.4, -0.2) is 29.0 Å². The smallest absolute Gasteiger partial charge is 0.321 e. The van der Waals surface area contributed by atoms with E-state index in [1.165, 1.54) is 17.9 Å². The molecular weight excluding hydrogens is 252 g/mol. The molecule has 0 radical (unpaired) electrons. The minimum atomic E-state index is -0.0192. The number of quaternary nitrogens is 1. The molecule has 0 spiro atoms. The van der Waals surface area contributed by atoms with Crippen LogP contribution >= 0.6 is 0 Å². The summed E-state index contributed by atoms with van der Waals surface area (Å²) < 4.78 is 0. The van der Waals surface area contributed by atoms with Gasteiger partial charge in [-0.1, -0.05) is 25.0 Å². The lowest BCUT2D eigenvalue weighted by molar-refractivity contribution is -0.553. The molecule has 5 nitrogen and oxygen atoms in total. The molecule has 2 rings (SSSR count). The highest BCUT2D eigenvalue weighted by atomic mass is 16.2. The van der Waals surface area contributed by atoms with Gasteiger partial charge in [0, 0.05) is 13.1 Å². The maximum Gasteiger partial charge on any atom is 0.364 e. The van der Waals surface area contributed by atoms with Crippen molar-refractivity contribution in [2.24, 2.45) is 0 Å². The summed E-state index contributed by atoms with van der Waals surface area (Å²) in [5, 5.41) is 10.4. The maximum absolute atomic E-state index is 12.3. The number of hydrogen-bond acceptors (Lipinski definition) is 2. The second-order valence-electron chi connectivity index (χ2n) is 5.19. The first-order chi connectivity index (χ1) is 9.70. The molecule has 1 aliphatic heterocycles. The first-order valence-electron chi connectivity index (χ1n) is 7.06. The lowest BCUT2D eigenvalue weighted by Crippen LogP contribution is -2.71.